The highest BCUT2D eigenvalue weighted by Crippen LogP contribution is 2.31. The lowest BCUT2D eigenvalue weighted by Gasteiger charge is -2.01. The summed E-state index contributed by atoms with van der Waals surface area (Å²) < 4.78 is 0. The topological polar surface area (TPSA) is 61.6 Å². The molecule has 0 aromatic carbocycles. The first-order valence-corrected chi connectivity index (χ1v) is 6.28. The summed E-state index contributed by atoms with van der Waals surface area (Å²) in [5.74, 6) is 0. The number of pyridine rings is 1. The number of hydrogen-bond acceptors (Lipinski definition) is 5. The molecular weight excluding hydrogens is 232 g/mol. The molecule has 4 nitrogen and oxygen atoms in total. The van der Waals surface area contributed by atoms with Gasteiger partial charge in [0.25, 0.3) is 0 Å². The second-order valence-electron chi connectivity index (χ2n) is 3.91. The normalized spacial score (nSPS) is 13.1. The average molecular weight is 242 g/mol. The van der Waals surface area contributed by atoms with E-state index in [9.17, 15) is 0 Å². The van der Waals surface area contributed by atoms with Crippen LogP contribution in [0.25, 0.3) is 0 Å². The van der Waals surface area contributed by atoms with Gasteiger partial charge in [-0.2, -0.15) is 5.26 Å². The highest BCUT2D eigenvalue weighted by molar-refractivity contribution is 7.15. The summed E-state index contributed by atoms with van der Waals surface area (Å²) in [6.45, 7) is 0. The van der Waals surface area contributed by atoms with Gasteiger partial charge in [0.2, 0.25) is 0 Å². The van der Waals surface area contributed by atoms with Crippen LogP contribution in [0.3, 0.4) is 0 Å². The quantitative estimate of drug-likeness (QED) is 0.879. The Morgan fingerprint density at radius 3 is 3.18 bits per heavy atom. The van der Waals surface area contributed by atoms with Crippen LogP contribution in [0.5, 0.6) is 0 Å². The molecule has 3 rings (SSSR count). The average Bonchev–Trinajstić information content (AvgIpc) is 2.90. The fourth-order valence-electron chi connectivity index (χ4n) is 1.94. The number of aryl methyl sites for hydroxylation is 2. The van der Waals surface area contributed by atoms with Crippen molar-refractivity contribution in [3.8, 4) is 6.07 Å². The summed E-state index contributed by atoms with van der Waals surface area (Å²) in [6.07, 6.45) is 5.09. The van der Waals surface area contributed by atoms with Gasteiger partial charge in [-0.05, 0) is 31.4 Å². The number of rotatable bonds is 2. The maximum absolute atomic E-state index is 8.77. The summed E-state index contributed by atoms with van der Waals surface area (Å²) in [5.41, 5.74) is 2.51. The van der Waals surface area contributed by atoms with Gasteiger partial charge < -0.3 is 5.32 Å². The highest BCUT2D eigenvalue weighted by atomic mass is 32.1. The van der Waals surface area contributed by atoms with Gasteiger partial charge in [-0.15, -0.1) is 11.3 Å². The van der Waals surface area contributed by atoms with E-state index in [0.29, 0.717) is 5.69 Å². The first kappa shape index (κ1) is 10.2. The zero-order valence-corrected chi connectivity index (χ0v) is 9.92. The van der Waals surface area contributed by atoms with Crippen LogP contribution in [0, 0.1) is 11.3 Å². The number of anilines is 2. The van der Waals surface area contributed by atoms with E-state index in [1.54, 1.807) is 23.6 Å². The number of nitriles is 1. The molecule has 1 N–H and O–H groups in total. The van der Waals surface area contributed by atoms with Gasteiger partial charge in [0.05, 0.1) is 5.69 Å². The monoisotopic (exact) mass is 242 g/mol. The zero-order chi connectivity index (χ0) is 11.7. The molecule has 84 valence electrons. The van der Waals surface area contributed by atoms with Crippen LogP contribution in [0.2, 0.25) is 0 Å². The first-order chi connectivity index (χ1) is 8.35. The predicted molar refractivity (Wildman–Crippen MR) is 66.4 cm³/mol. The van der Waals surface area contributed by atoms with Crippen molar-refractivity contribution >= 4 is 22.2 Å². The molecule has 2 heterocycles. The SMILES string of the molecule is N#Cc1cc(Nc2nc3c(s2)CCC3)ccn1. The molecule has 0 spiro atoms. The molecule has 5 heteroatoms. The molecule has 0 fully saturated rings. The number of nitrogens with one attached hydrogen (secondary N) is 1. The smallest absolute Gasteiger partial charge is 0.187 e. The largest absolute Gasteiger partial charge is 0.331 e. The van der Waals surface area contributed by atoms with Crippen LogP contribution >= 0.6 is 11.3 Å². The van der Waals surface area contributed by atoms with Crippen LogP contribution in [-0.2, 0) is 12.8 Å². The lowest BCUT2D eigenvalue weighted by atomic mass is 10.3. The lowest BCUT2D eigenvalue weighted by Crippen LogP contribution is -1.92. The van der Waals surface area contributed by atoms with Gasteiger partial charge >= 0.3 is 0 Å². The Morgan fingerprint density at radius 1 is 1.41 bits per heavy atom. The molecule has 0 amide bonds. The van der Waals surface area contributed by atoms with E-state index < -0.39 is 0 Å². The van der Waals surface area contributed by atoms with Crippen molar-refractivity contribution in [3.63, 3.8) is 0 Å². The van der Waals surface area contributed by atoms with E-state index in [4.69, 9.17) is 5.26 Å². The Balaban J connectivity index is 1.84. The second-order valence-corrected chi connectivity index (χ2v) is 4.99. The van der Waals surface area contributed by atoms with Crippen LogP contribution in [0.15, 0.2) is 18.3 Å². The fraction of sp³-hybridized carbons (Fsp3) is 0.250. The van der Waals surface area contributed by atoms with Crippen molar-refractivity contribution in [1.82, 2.24) is 9.97 Å². The Hall–Kier alpha value is -1.93. The van der Waals surface area contributed by atoms with Crippen molar-refractivity contribution in [2.75, 3.05) is 5.32 Å². The second kappa shape index (κ2) is 4.15. The van der Waals surface area contributed by atoms with E-state index in [0.717, 1.165) is 23.7 Å². The summed E-state index contributed by atoms with van der Waals surface area (Å²) in [7, 11) is 0. The van der Waals surface area contributed by atoms with Gasteiger partial charge in [-0.3, -0.25) is 0 Å². The lowest BCUT2D eigenvalue weighted by molar-refractivity contribution is 0.900. The summed E-state index contributed by atoms with van der Waals surface area (Å²) in [5, 5.41) is 12.9. The minimum absolute atomic E-state index is 0.416. The van der Waals surface area contributed by atoms with Gasteiger partial charge in [-0.25, -0.2) is 9.97 Å². The Kier molecular flexibility index (Phi) is 2.50. The van der Waals surface area contributed by atoms with E-state index >= 15 is 0 Å². The summed E-state index contributed by atoms with van der Waals surface area (Å²) in [6, 6.07) is 5.59. The molecular formula is C12H10N4S. The Labute approximate surface area is 103 Å². The Morgan fingerprint density at radius 2 is 2.35 bits per heavy atom. The molecule has 2 aromatic heterocycles. The predicted octanol–water partition coefficient (Wildman–Crippen LogP) is 2.64. The number of nitrogens with zero attached hydrogens (tertiary/aromatic N) is 3. The molecule has 1 aliphatic carbocycles. The third-order valence-corrected chi connectivity index (χ3v) is 3.79. The van der Waals surface area contributed by atoms with Crippen molar-refractivity contribution in [2.45, 2.75) is 19.3 Å². The fourth-order valence-corrected chi connectivity index (χ4v) is 3.01. The molecule has 0 radical (unpaired) electrons. The first-order valence-electron chi connectivity index (χ1n) is 5.47. The number of thiazole rings is 1. The van der Waals surface area contributed by atoms with Gasteiger partial charge in [0.1, 0.15) is 11.8 Å². The van der Waals surface area contributed by atoms with Gasteiger partial charge in [0.15, 0.2) is 5.13 Å². The molecule has 1 aliphatic rings. The van der Waals surface area contributed by atoms with Crippen LogP contribution in [0.4, 0.5) is 10.8 Å². The van der Waals surface area contributed by atoms with E-state index in [2.05, 4.69) is 15.3 Å². The Bertz CT molecular complexity index is 575. The molecule has 0 atom stereocenters. The molecule has 0 saturated carbocycles. The molecule has 0 aliphatic heterocycles. The maximum Gasteiger partial charge on any atom is 0.187 e. The van der Waals surface area contributed by atoms with Crippen LogP contribution in [0.1, 0.15) is 22.7 Å². The van der Waals surface area contributed by atoms with Crippen molar-refractivity contribution < 1.29 is 0 Å². The standard InChI is InChI=1S/C12H10N4S/c13-7-9-6-8(4-5-14-9)15-12-16-10-2-1-3-11(10)17-12/h4-6H,1-3H2,(H,14,15,16). The molecule has 0 saturated heterocycles. The van der Waals surface area contributed by atoms with Gasteiger partial charge in [0, 0.05) is 16.8 Å². The number of hydrogen-bond donors (Lipinski definition) is 1. The minimum atomic E-state index is 0.416. The number of aromatic nitrogens is 2. The van der Waals surface area contributed by atoms with Crippen molar-refractivity contribution in [3.05, 3.63) is 34.6 Å². The van der Waals surface area contributed by atoms with E-state index in [1.807, 2.05) is 12.1 Å². The molecule has 0 bridgehead atoms. The van der Waals surface area contributed by atoms with Gasteiger partial charge in [-0.1, -0.05) is 0 Å². The summed E-state index contributed by atoms with van der Waals surface area (Å²) >= 11 is 1.70. The summed E-state index contributed by atoms with van der Waals surface area (Å²) in [4.78, 5) is 9.87. The third kappa shape index (κ3) is 1.99. The number of fused-ring (bicyclic) bond motifs is 1. The van der Waals surface area contributed by atoms with E-state index in [1.165, 1.54) is 17.0 Å². The molecule has 17 heavy (non-hydrogen) atoms. The van der Waals surface area contributed by atoms with Crippen molar-refractivity contribution in [1.29, 1.82) is 5.26 Å². The highest BCUT2D eigenvalue weighted by Gasteiger charge is 2.16. The maximum atomic E-state index is 8.77. The van der Waals surface area contributed by atoms with Crippen molar-refractivity contribution in [2.24, 2.45) is 0 Å². The van der Waals surface area contributed by atoms with Crippen LogP contribution in [-0.4, -0.2) is 9.97 Å². The zero-order valence-electron chi connectivity index (χ0n) is 9.10. The minimum Gasteiger partial charge on any atom is -0.331 e. The van der Waals surface area contributed by atoms with E-state index in [-0.39, 0.29) is 0 Å². The molecule has 2 aromatic rings. The third-order valence-electron chi connectivity index (χ3n) is 2.72. The van der Waals surface area contributed by atoms with Crippen LogP contribution < -0.4 is 5.32 Å². The molecule has 0 unspecified atom stereocenters.